The van der Waals surface area contributed by atoms with Crippen LogP contribution in [-0.4, -0.2) is 45.2 Å². The summed E-state index contributed by atoms with van der Waals surface area (Å²) in [4.78, 5) is 11.2. The Morgan fingerprint density at radius 3 is 2.81 bits per heavy atom. The molecule has 1 rings (SSSR count). The molecule has 2 N–H and O–H groups in total. The average molecular weight is 236 g/mol. The van der Waals surface area contributed by atoms with Gasteiger partial charge in [0.25, 0.3) is 6.43 Å². The molecule has 1 amide bonds. The van der Waals surface area contributed by atoms with Gasteiger partial charge in [0.1, 0.15) is 6.61 Å². The number of rotatable bonds is 9. The van der Waals surface area contributed by atoms with Crippen LogP contribution in [0.3, 0.4) is 0 Å². The first-order valence-electron chi connectivity index (χ1n) is 5.52. The lowest BCUT2D eigenvalue weighted by atomic mass is 10.4. The van der Waals surface area contributed by atoms with E-state index in [1.54, 1.807) is 0 Å². The van der Waals surface area contributed by atoms with Crippen molar-refractivity contribution in [3.8, 4) is 0 Å². The van der Waals surface area contributed by atoms with Crippen molar-refractivity contribution in [1.82, 2.24) is 10.6 Å². The number of ether oxygens (including phenoxy) is 1. The van der Waals surface area contributed by atoms with Crippen LogP contribution in [0.4, 0.5) is 8.78 Å². The van der Waals surface area contributed by atoms with Crippen LogP contribution in [0.5, 0.6) is 0 Å². The molecule has 0 aromatic heterocycles. The molecule has 0 unspecified atom stereocenters. The van der Waals surface area contributed by atoms with Crippen molar-refractivity contribution < 1.29 is 18.3 Å². The number of halogens is 2. The molecule has 6 heteroatoms. The highest BCUT2D eigenvalue weighted by atomic mass is 19.3. The van der Waals surface area contributed by atoms with Crippen molar-refractivity contribution in [2.75, 3.05) is 32.8 Å². The molecule has 0 atom stereocenters. The molecule has 0 radical (unpaired) electrons. The summed E-state index contributed by atoms with van der Waals surface area (Å²) in [6.45, 7) is 0.992. The van der Waals surface area contributed by atoms with E-state index in [0.717, 1.165) is 12.5 Å². The van der Waals surface area contributed by atoms with Crippen LogP contribution in [0.15, 0.2) is 0 Å². The third-order valence-electron chi connectivity index (χ3n) is 2.23. The predicted molar refractivity (Wildman–Crippen MR) is 55.4 cm³/mol. The van der Waals surface area contributed by atoms with Crippen LogP contribution in [0.25, 0.3) is 0 Å². The highest BCUT2D eigenvalue weighted by Gasteiger charge is 2.20. The summed E-state index contributed by atoms with van der Waals surface area (Å²) in [5.41, 5.74) is 0. The first-order valence-corrected chi connectivity index (χ1v) is 5.52. The van der Waals surface area contributed by atoms with Crippen molar-refractivity contribution in [3.05, 3.63) is 0 Å². The molecule has 0 heterocycles. The normalized spacial score (nSPS) is 15.4. The van der Waals surface area contributed by atoms with Gasteiger partial charge in [0, 0.05) is 6.54 Å². The number of amides is 1. The maximum Gasteiger partial charge on any atom is 0.261 e. The topological polar surface area (TPSA) is 50.4 Å². The van der Waals surface area contributed by atoms with E-state index in [2.05, 4.69) is 15.4 Å². The van der Waals surface area contributed by atoms with Crippen LogP contribution in [0, 0.1) is 5.92 Å². The number of hydrogen-bond acceptors (Lipinski definition) is 3. The Morgan fingerprint density at radius 2 is 2.19 bits per heavy atom. The summed E-state index contributed by atoms with van der Waals surface area (Å²) in [6, 6.07) is 0. The Bertz CT molecular complexity index is 211. The maximum atomic E-state index is 11.6. The van der Waals surface area contributed by atoms with Gasteiger partial charge < -0.3 is 15.4 Å². The van der Waals surface area contributed by atoms with E-state index in [0.29, 0.717) is 0 Å². The highest BCUT2D eigenvalue weighted by molar-refractivity contribution is 5.77. The maximum absolute atomic E-state index is 11.6. The molecule has 0 saturated heterocycles. The van der Waals surface area contributed by atoms with Gasteiger partial charge in [-0.15, -0.1) is 0 Å². The molecule has 0 spiro atoms. The Balaban J connectivity index is 1.81. The van der Waals surface area contributed by atoms with Gasteiger partial charge in [-0.05, 0) is 25.3 Å². The smallest absolute Gasteiger partial charge is 0.261 e. The number of carbonyl (C=O) groups excluding carboxylic acids is 1. The zero-order chi connectivity index (χ0) is 11.8. The van der Waals surface area contributed by atoms with Gasteiger partial charge in [0.2, 0.25) is 5.91 Å². The minimum absolute atomic E-state index is 0.124. The molecule has 0 aromatic carbocycles. The van der Waals surface area contributed by atoms with Crippen LogP contribution in [0.2, 0.25) is 0 Å². The summed E-state index contributed by atoms with van der Waals surface area (Å²) in [5.74, 6) is 0.614. The second-order valence-electron chi connectivity index (χ2n) is 3.89. The van der Waals surface area contributed by atoms with Crippen LogP contribution in [0.1, 0.15) is 12.8 Å². The molecular formula is C10H18F2N2O2. The molecule has 1 aliphatic rings. The van der Waals surface area contributed by atoms with Gasteiger partial charge in [0.15, 0.2) is 0 Å². The Labute approximate surface area is 93.7 Å². The summed E-state index contributed by atoms with van der Waals surface area (Å²) >= 11 is 0. The first-order chi connectivity index (χ1) is 7.68. The molecule has 0 aliphatic heterocycles. The predicted octanol–water partition coefficient (Wildman–Crippen LogP) is 0.384. The fourth-order valence-corrected chi connectivity index (χ4v) is 1.21. The average Bonchev–Trinajstić information content (AvgIpc) is 3.00. The summed E-state index contributed by atoms with van der Waals surface area (Å²) in [5, 5.41) is 5.61. The van der Waals surface area contributed by atoms with E-state index in [1.807, 2.05) is 0 Å². The largest absolute Gasteiger partial charge is 0.374 e. The van der Waals surface area contributed by atoms with Gasteiger partial charge in [-0.1, -0.05) is 0 Å². The summed E-state index contributed by atoms with van der Waals surface area (Å²) in [6.07, 6.45) is 0.0440. The number of alkyl halides is 2. The van der Waals surface area contributed by atoms with E-state index in [4.69, 9.17) is 0 Å². The summed E-state index contributed by atoms with van der Waals surface area (Å²) < 4.78 is 27.9. The Kier molecular flexibility index (Phi) is 6.25. The van der Waals surface area contributed by atoms with E-state index < -0.39 is 13.0 Å². The number of hydrogen-bond donors (Lipinski definition) is 2. The first kappa shape index (κ1) is 13.3. The molecule has 4 nitrogen and oxygen atoms in total. The van der Waals surface area contributed by atoms with Gasteiger partial charge >= 0.3 is 0 Å². The van der Waals surface area contributed by atoms with Crippen molar-refractivity contribution in [2.24, 2.45) is 5.92 Å². The Morgan fingerprint density at radius 1 is 1.44 bits per heavy atom. The highest BCUT2D eigenvalue weighted by Crippen LogP contribution is 2.27. The lowest BCUT2D eigenvalue weighted by Crippen LogP contribution is -2.36. The zero-order valence-electron chi connectivity index (χ0n) is 9.18. The lowest BCUT2D eigenvalue weighted by Gasteiger charge is -2.06. The van der Waals surface area contributed by atoms with E-state index in [-0.39, 0.29) is 25.6 Å². The SMILES string of the molecule is O=C(CNCC1CC1)NCCOCC(F)F. The molecule has 1 aliphatic carbocycles. The van der Waals surface area contributed by atoms with Crippen LogP contribution in [-0.2, 0) is 9.53 Å². The molecule has 16 heavy (non-hydrogen) atoms. The van der Waals surface area contributed by atoms with Gasteiger partial charge in [-0.3, -0.25) is 4.79 Å². The zero-order valence-corrected chi connectivity index (χ0v) is 9.18. The minimum atomic E-state index is -2.45. The third-order valence-corrected chi connectivity index (χ3v) is 2.23. The third kappa shape index (κ3) is 7.53. The quantitative estimate of drug-likeness (QED) is 0.569. The Hall–Kier alpha value is -0.750. The number of carbonyl (C=O) groups is 1. The van der Waals surface area contributed by atoms with Gasteiger partial charge in [-0.25, -0.2) is 8.78 Å². The van der Waals surface area contributed by atoms with Crippen LogP contribution < -0.4 is 10.6 Å². The van der Waals surface area contributed by atoms with Crippen molar-refractivity contribution in [1.29, 1.82) is 0 Å². The molecule has 0 bridgehead atoms. The second-order valence-corrected chi connectivity index (χ2v) is 3.89. The fourth-order valence-electron chi connectivity index (χ4n) is 1.21. The molecule has 94 valence electrons. The van der Waals surface area contributed by atoms with Crippen LogP contribution >= 0.6 is 0 Å². The molecule has 0 aromatic rings. The second kappa shape index (κ2) is 7.51. The molecule has 1 fully saturated rings. The number of nitrogens with one attached hydrogen (secondary N) is 2. The lowest BCUT2D eigenvalue weighted by molar-refractivity contribution is -0.120. The van der Waals surface area contributed by atoms with E-state index in [1.165, 1.54) is 12.8 Å². The van der Waals surface area contributed by atoms with Gasteiger partial charge in [0.05, 0.1) is 13.2 Å². The minimum Gasteiger partial charge on any atom is -0.374 e. The monoisotopic (exact) mass is 236 g/mol. The van der Waals surface area contributed by atoms with E-state index in [9.17, 15) is 13.6 Å². The standard InChI is InChI=1S/C10H18F2N2O2/c11-9(12)7-16-4-3-14-10(15)6-13-5-8-1-2-8/h8-9,13H,1-7H2,(H,14,15). The van der Waals surface area contributed by atoms with Gasteiger partial charge in [-0.2, -0.15) is 0 Å². The molecular weight excluding hydrogens is 218 g/mol. The van der Waals surface area contributed by atoms with Crippen molar-refractivity contribution in [2.45, 2.75) is 19.3 Å². The van der Waals surface area contributed by atoms with Crippen molar-refractivity contribution >= 4 is 5.91 Å². The summed E-state index contributed by atoms with van der Waals surface area (Å²) in [7, 11) is 0. The fraction of sp³-hybridized carbons (Fsp3) is 0.900. The molecule has 1 saturated carbocycles. The van der Waals surface area contributed by atoms with Crippen molar-refractivity contribution in [3.63, 3.8) is 0 Å². The van der Waals surface area contributed by atoms with E-state index >= 15 is 0 Å².